The van der Waals surface area contributed by atoms with Crippen molar-refractivity contribution in [3.8, 4) is 11.1 Å². The number of amides is 1. The summed E-state index contributed by atoms with van der Waals surface area (Å²) in [5.41, 5.74) is 9.41. The molecule has 0 radical (unpaired) electrons. The number of aromatic amines is 1. The van der Waals surface area contributed by atoms with E-state index in [0.29, 0.717) is 29.7 Å². The molecule has 0 spiro atoms. The van der Waals surface area contributed by atoms with E-state index in [9.17, 15) is 4.79 Å². The van der Waals surface area contributed by atoms with Gasteiger partial charge in [0.25, 0.3) is 0 Å². The first kappa shape index (κ1) is 15.5. The van der Waals surface area contributed by atoms with Gasteiger partial charge < -0.3 is 15.2 Å². The minimum Gasteiger partial charge on any atom is -0.339 e. The van der Waals surface area contributed by atoms with Crippen LogP contribution < -0.4 is 5.73 Å². The van der Waals surface area contributed by atoms with Gasteiger partial charge in [0, 0.05) is 41.5 Å². The fourth-order valence-corrected chi connectivity index (χ4v) is 3.79. The normalized spacial score (nSPS) is 14.2. The molecule has 6 nitrogen and oxygen atoms in total. The van der Waals surface area contributed by atoms with Crippen LogP contribution >= 0.6 is 23.2 Å². The lowest BCUT2D eigenvalue weighted by Crippen LogP contribution is -2.41. The molecule has 1 aliphatic heterocycles. The van der Waals surface area contributed by atoms with Crippen LogP contribution in [0.1, 0.15) is 5.69 Å². The Hall–Kier alpha value is -2.02. The zero-order chi connectivity index (χ0) is 16.8. The fourth-order valence-electron chi connectivity index (χ4n) is 3.37. The van der Waals surface area contributed by atoms with Gasteiger partial charge in [0.15, 0.2) is 0 Å². The van der Waals surface area contributed by atoms with Crippen LogP contribution in [0.3, 0.4) is 0 Å². The molecule has 4 rings (SSSR count). The second-order valence-corrected chi connectivity index (χ2v) is 6.52. The van der Waals surface area contributed by atoms with Crippen molar-refractivity contribution < 1.29 is 4.79 Å². The van der Waals surface area contributed by atoms with E-state index < -0.39 is 0 Å². The van der Waals surface area contributed by atoms with Crippen LogP contribution in [0.2, 0.25) is 10.0 Å². The van der Waals surface area contributed by atoms with E-state index in [4.69, 9.17) is 28.9 Å². The monoisotopic (exact) mass is 363 g/mol. The fraction of sp³-hybridized carbons (Fsp3) is 0.250. The Bertz CT molecular complexity index is 932. The van der Waals surface area contributed by atoms with Crippen LogP contribution in [-0.4, -0.2) is 38.7 Å². The lowest BCUT2D eigenvalue weighted by Gasteiger charge is -2.29. The number of carbonyl (C=O) groups is 1. The molecular formula is C16H15Cl2N5O. The van der Waals surface area contributed by atoms with Gasteiger partial charge in [-0.2, -0.15) is 5.10 Å². The Kier molecular flexibility index (Phi) is 3.75. The second-order valence-electron chi connectivity index (χ2n) is 5.74. The number of aromatic nitrogens is 3. The Balaban J connectivity index is 1.99. The van der Waals surface area contributed by atoms with Crippen molar-refractivity contribution in [1.29, 1.82) is 0 Å². The zero-order valence-electron chi connectivity index (χ0n) is 12.7. The van der Waals surface area contributed by atoms with Gasteiger partial charge in [0.1, 0.15) is 0 Å². The number of hydrogen-bond donors (Lipinski definition) is 2. The minimum atomic E-state index is -0.0613. The largest absolute Gasteiger partial charge is 0.339 e. The molecule has 1 amide bonds. The Morgan fingerprint density at radius 2 is 2.17 bits per heavy atom. The maximum Gasteiger partial charge on any atom is 0.236 e. The Labute approximate surface area is 148 Å². The highest BCUT2D eigenvalue weighted by molar-refractivity contribution is 6.45. The van der Waals surface area contributed by atoms with Crippen LogP contribution in [0.15, 0.2) is 24.5 Å². The van der Waals surface area contributed by atoms with Gasteiger partial charge in [-0.3, -0.25) is 9.89 Å². The predicted molar refractivity (Wildman–Crippen MR) is 94.0 cm³/mol. The van der Waals surface area contributed by atoms with Gasteiger partial charge in [-0.25, -0.2) is 0 Å². The summed E-state index contributed by atoms with van der Waals surface area (Å²) in [4.78, 5) is 13.8. The van der Waals surface area contributed by atoms with Gasteiger partial charge in [-0.15, -0.1) is 0 Å². The number of hydrogen-bond acceptors (Lipinski definition) is 3. The van der Waals surface area contributed by atoms with Crippen molar-refractivity contribution in [2.75, 3.05) is 13.1 Å². The topological polar surface area (TPSA) is 79.9 Å². The maximum atomic E-state index is 12.0. The number of H-pyrrole nitrogens is 1. The number of carbonyl (C=O) groups excluding carboxylic acids is 1. The third kappa shape index (κ3) is 2.22. The number of nitrogens with zero attached hydrogens (tertiary/aromatic N) is 3. The third-order valence-electron chi connectivity index (χ3n) is 4.47. The number of nitrogens with two attached hydrogens (primary N) is 1. The first-order valence-corrected chi connectivity index (χ1v) is 8.33. The maximum absolute atomic E-state index is 12.0. The predicted octanol–water partition coefficient (Wildman–Crippen LogP) is 2.64. The molecule has 3 aromatic rings. The molecule has 124 valence electrons. The summed E-state index contributed by atoms with van der Waals surface area (Å²) in [5, 5.41) is 8.94. The molecular weight excluding hydrogens is 349 g/mol. The van der Waals surface area contributed by atoms with Crippen molar-refractivity contribution in [1.82, 2.24) is 19.7 Å². The third-order valence-corrected chi connectivity index (χ3v) is 5.27. The molecule has 3 heterocycles. The van der Waals surface area contributed by atoms with Gasteiger partial charge in [0.2, 0.25) is 5.91 Å². The molecule has 0 saturated carbocycles. The molecule has 0 bridgehead atoms. The average Bonchev–Trinajstić information content (AvgIpc) is 3.22. The molecule has 8 heteroatoms. The SMILES string of the molecule is NCC(=O)N1CCn2c(c(-c3cn[nH]c3)c3ccc(Cl)c(Cl)c32)C1. The molecule has 3 N–H and O–H groups in total. The lowest BCUT2D eigenvalue weighted by molar-refractivity contribution is -0.131. The van der Waals surface area contributed by atoms with Gasteiger partial charge >= 0.3 is 0 Å². The van der Waals surface area contributed by atoms with Gasteiger partial charge in [0.05, 0.1) is 34.8 Å². The minimum absolute atomic E-state index is 0.00779. The summed E-state index contributed by atoms with van der Waals surface area (Å²) in [6, 6.07) is 3.76. The summed E-state index contributed by atoms with van der Waals surface area (Å²) in [6.45, 7) is 1.74. The van der Waals surface area contributed by atoms with Crippen molar-refractivity contribution >= 4 is 40.0 Å². The van der Waals surface area contributed by atoms with Crippen LogP contribution in [-0.2, 0) is 17.9 Å². The van der Waals surface area contributed by atoms with E-state index in [0.717, 1.165) is 27.7 Å². The van der Waals surface area contributed by atoms with E-state index in [1.165, 1.54) is 0 Å². The van der Waals surface area contributed by atoms with Crippen LogP contribution in [0, 0.1) is 0 Å². The average molecular weight is 364 g/mol. The molecule has 0 fully saturated rings. The van der Waals surface area contributed by atoms with Crippen molar-refractivity contribution in [2.24, 2.45) is 5.73 Å². The van der Waals surface area contributed by atoms with E-state index in [-0.39, 0.29) is 12.5 Å². The molecule has 2 aromatic heterocycles. The van der Waals surface area contributed by atoms with Crippen molar-refractivity contribution in [3.63, 3.8) is 0 Å². The highest BCUT2D eigenvalue weighted by Gasteiger charge is 2.28. The highest BCUT2D eigenvalue weighted by atomic mass is 35.5. The quantitative estimate of drug-likeness (QED) is 0.734. The van der Waals surface area contributed by atoms with Gasteiger partial charge in [-0.1, -0.05) is 29.3 Å². The van der Waals surface area contributed by atoms with Crippen LogP contribution in [0.25, 0.3) is 22.0 Å². The number of benzene rings is 1. The first-order valence-electron chi connectivity index (χ1n) is 7.58. The standard InChI is InChI=1S/C16H15Cl2N5O/c17-11-2-1-10-14(9-6-20-21-7-9)12-8-22(13(24)5-19)3-4-23(12)16(10)15(11)18/h1-2,6-7H,3-5,8,19H2,(H,20,21). The summed E-state index contributed by atoms with van der Waals surface area (Å²) in [5.74, 6) is -0.0613. The second kappa shape index (κ2) is 5.81. The van der Waals surface area contributed by atoms with Crippen LogP contribution in [0.4, 0.5) is 0 Å². The molecule has 0 unspecified atom stereocenters. The highest BCUT2D eigenvalue weighted by Crippen LogP contribution is 2.41. The number of nitrogens with one attached hydrogen (secondary N) is 1. The lowest BCUT2D eigenvalue weighted by atomic mass is 10.0. The number of halogens is 2. The smallest absolute Gasteiger partial charge is 0.236 e. The molecule has 1 aromatic carbocycles. The van der Waals surface area contributed by atoms with Crippen LogP contribution in [0.5, 0.6) is 0 Å². The number of fused-ring (bicyclic) bond motifs is 3. The summed E-state index contributed by atoms with van der Waals surface area (Å²) in [6.07, 6.45) is 3.60. The number of rotatable bonds is 2. The van der Waals surface area contributed by atoms with Crippen molar-refractivity contribution in [3.05, 3.63) is 40.3 Å². The van der Waals surface area contributed by atoms with E-state index in [1.807, 2.05) is 12.3 Å². The molecule has 0 aliphatic carbocycles. The summed E-state index contributed by atoms with van der Waals surface area (Å²) in [7, 11) is 0. The zero-order valence-corrected chi connectivity index (χ0v) is 14.2. The molecule has 0 saturated heterocycles. The Morgan fingerprint density at radius 3 is 2.88 bits per heavy atom. The van der Waals surface area contributed by atoms with Crippen molar-refractivity contribution in [2.45, 2.75) is 13.1 Å². The molecule has 24 heavy (non-hydrogen) atoms. The molecule has 0 atom stereocenters. The summed E-state index contributed by atoms with van der Waals surface area (Å²) >= 11 is 12.7. The van der Waals surface area contributed by atoms with E-state index in [2.05, 4.69) is 14.8 Å². The first-order chi connectivity index (χ1) is 11.6. The summed E-state index contributed by atoms with van der Waals surface area (Å²) < 4.78 is 2.15. The molecule has 1 aliphatic rings. The Morgan fingerprint density at radius 1 is 1.33 bits per heavy atom. The van der Waals surface area contributed by atoms with Gasteiger partial charge in [-0.05, 0) is 6.07 Å². The van der Waals surface area contributed by atoms with E-state index >= 15 is 0 Å². The van der Waals surface area contributed by atoms with E-state index in [1.54, 1.807) is 17.2 Å².